The van der Waals surface area contributed by atoms with Crippen molar-refractivity contribution in [3.8, 4) is 23.0 Å². The molecule has 1 N–H and O–H groups in total. The Hall–Kier alpha value is -2.81. The van der Waals surface area contributed by atoms with E-state index >= 15 is 0 Å². The van der Waals surface area contributed by atoms with E-state index in [1.54, 1.807) is 11.4 Å². The van der Waals surface area contributed by atoms with Crippen molar-refractivity contribution in [3.05, 3.63) is 47.5 Å². The van der Waals surface area contributed by atoms with Crippen LogP contribution in [0.4, 0.5) is 18.0 Å². The normalized spacial score (nSPS) is 18.3. The van der Waals surface area contributed by atoms with Gasteiger partial charge in [0, 0.05) is 17.2 Å². The third kappa shape index (κ3) is 3.43. The summed E-state index contributed by atoms with van der Waals surface area (Å²) < 4.78 is 60.0. The van der Waals surface area contributed by atoms with Crippen LogP contribution in [0.5, 0.6) is 23.0 Å². The van der Waals surface area contributed by atoms with Crippen LogP contribution >= 0.6 is 11.6 Å². The lowest BCUT2D eigenvalue weighted by molar-refractivity contribution is -0.318. The Labute approximate surface area is 150 Å². The van der Waals surface area contributed by atoms with Gasteiger partial charge in [0.1, 0.15) is 11.5 Å². The highest BCUT2D eigenvalue weighted by atomic mass is 35.5. The molecule has 0 bridgehead atoms. The molecular weight excluding hydrogens is 379 g/mol. The SMILES string of the molecule is COc1cccc(OC(=O)N[C@]2(C(F)(F)F)Oc3ccc(Cl)cc3O2)c1. The number of amides is 1. The maximum absolute atomic E-state index is 13.5. The van der Waals surface area contributed by atoms with Crippen LogP contribution in [-0.4, -0.2) is 25.3 Å². The molecule has 0 radical (unpaired) electrons. The van der Waals surface area contributed by atoms with Gasteiger partial charge in [-0.1, -0.05) is 17.7 Å². The average Bonchev–Trinajstić information content (AvgIpc) is 2.93. The first-order valence-electron chi connectivity index (χ1n) is 7.11. The van der Waals surface area contributed by atoms with Crippen molar-refractivity contribution in [2.45, 2.75) is 12.1 Å². The number of rotatable bonds is 3. The molecular formula is C16H11ClF3NO5. The molecule has 0 unspecified atom stereocenters. The second-order valence-electron chi connectivity index (χ2n) is 5.10. The molecule has 0 fully saturated rings. The highest BCUT2D eigenvalue weighted by molar-refractivity contribution is 6.30. The van der Waals surface area contributed by atoms with Crippen LogP contribution in [-0.2, 0) is 0 Å². The van der Waals surface area contributed by atoms with E-state index in [1.165, 1.54) is 37.4 Å². The van der Waals surface area contributed by atoms with Crippen LogP contribution in [0.25, 0.3) is 0 Å². The molecule has 1 atom stereocenters. The highest BCUT2D eigenvalue weighted by Gasteiger charge is 2.66. The van der Waals surface area contributed by atoms with Crippen molar-refractivity contribution >= 4 is 17.7 Å². The van der Waals surface area contributed by atoms with Crippen molar-refractivity contribution in [1.29, 1.82) is 0 Å². The number of halogens is 4. The van der Waals surface area contributed by atoms with Crippen LogP contribution in [0.2, 0.25) is 5.02 Å². The molecule has 1 aliphatic rings. The third-order valence-corrected chi connectivity index (χ3v) is 3.54. The highest BCUT2D eigenvalue weighted by Crippen LogP contribution is 2.46. The van der Waals surface area contributed by atoms with Crippen LogP contribution in [0, 0.1) is 0 Å². The molecule has 1 aliphatic heterocycles. The zero-order chi connectivity index (χ0) is 18.9. The summed E-state index contributed by atoms with van der Waals surface area (Å²) in [5.74, 6) is -3.60. The summed E-state index contributed by atoms with van der Waals surface area (Å²) in [5.41, 5.74) is 0. The van der Waals surface area contributed by atoms with Gasteiger partial charge in [-0.15, -0.1) is 0 Å². The largest absolute Gasteiger partial charge is 0.497 e. The smallest absolute Gasteiger partial charge is 0.492 e. The van der Waals surface area contributed by atoms with E-state index in [1.807, 2.05) is 0 Å². The molecule has 2 aromatic carbocycles. The molecule has 2 aromatic rings. The maximum Gasteiger partial charge on any atom is 0.492 e. The summed E-state index contributed by atoms with van der Waals surface area (Å²) in [7, 11) is 1.39. The maximum atomic E-state index is 13.5. The monoisotopic (exact) mass is 389 g/mol. The molecule has 0 spiro atoms. The Morgan fingerprint density at radius 2 is 1.81 bits per heavy atom. The van der Waals surface area contributed by atoms with Crippen molar-refractivity contribution in [3.63, 3.8) is 0 Å². The topological polar surface area (TPSA) is 66.0 Å². The molecule has 6 nitrogen and oxygen atoms in total. The molecule has 138 valence electrons. The van der Waals surface area contributed by atoms with Gasteiger partial charge < -0.3 is 18.9 Å². The van der Waals surface area contributed by atoms with Crippen molar-refractivity contribution in [1.82, 2.24) is 5.32 Å². The van der Waals surface area contributed by atoms with E-state index in [2.05, 4.69) is 0 Å². The number of alkyl halides is 3. The van der Waals surface area contributed by atoms with E-state index in [0.29, 0.717) is 5.75 Å². The number of nitrogens with one attached hydrogen (secondary N) is 1. The minimum atomic E-state index is -5.11. The minimum absolute atomic E-state index is 0.0299. The number of hydrogen-bond acceptors (Lipinski definition) is 5. The van der Waals surface area contributed by atoms with Gasteiger partial charge in [-0.2, -0.15) is 13.2 Å². The van der Waals surface area contributed by atoms with Crippen LogP contribution in [0.3, 0.4) is 0 Å². The fraction of sp³-hybridized carbons (Fsp3) is 0.188. The third-order valence-electron chi connectivity index (χ3n) is 3.30. The van der Waals surface area contributed by atoms with Crippen LogP contribution in [0.15, 0.2) is 42.5 Å². The van der Waals surface area contributed by atoms with Gasteiger partial charge in [-0.25, -0.2) is 10.1 Å². The number of ether oxygens (including phenoxy) is 4. The van der Waals surface area contributed by atoms with Gasteiger partial charge in [-0.3, -0.25) is 0 Å². The Balaban J connectivity index is 1.81. The van der Waals surface area contributed by atoms with E-state index in [9.17, 15) is 18.0 Å². The number of carbonyl (C=O) groups excluding carboxylic acids is 1. The van der Waals surface area contributed by atoms with Crippen LogP contribution < -0.4 is 24.3 Å². The van der Waals surface area contributed by atoms with Gasteiger partial charge in [0.15, 0.2) is 11.5 Å². The summed E-state index contributed by atoms with van der Waals surface area (Å²) in [6, 6.07) is 9.43. The van der Waals surface area contributed by atoms with E-state index < -0.39 is 18.2 Å². The average molecular weight is 390 g/mol. The summed E-state index contributed by atoms with van der Waals surface area (Å²) in [6.07, 6.45) is -6.54. The molecule has 0 saturated carbocycles. The van der Waals surface area contributed by atoms with Crippen molar-refractivity contribution in [2.75, 3.05) is 7.11 Å². The van der Waals surface area contributed by atoms with Crippen molar-refractivity contribution in [2.24, 2.45) is 0 Å². The van der Waals surface area contributed by atoms with Gasteiger partial charge in [-0.05, 0) is 24.3 Å². The Morgan fingerprint density at radius 3 is 2.50 bits per heavy atom. The lowest BCUT2D eigenvalue weighted by Gasteiger charge is -2.29. The molecule has 0 aromatic heterocycles. The number of benzene rings is 2. The van der Waals surface area contributed by atoms with E-state index in [4.69, 9.17) is 30.5 Å². The summed E-state index contributed by atoms with van der Waals surface area (Å²) in [4.78, 5) is 12.0. The summed E-state index contributed by atoms with van der Waals surface area (Å²) in [5, 5.41) is 1.71. The lowest BCUT2D eigenvalue weighted by atomic mass is 10.3. The summed E-state index contributed by atoms with van der Waals surface area (Å²) in [6.45, 7) is 0. The zero-order valence-electron chi connectivity index (χ0n) is 13.1. The van der Waals surface area contributed by atoms with Gasteiger partial charge >= 0.3 is 18.2 Å². The molecule has 3 rings (SSSR count). The predicted octanol–water partition coefficient (Wildman–Crippen LogP) is 4.12. The Bertz CT molecular complexity index is 845. The number of hydrogen-bond donors (Lipinski definition) is 1. The molecule has 1 amide bonds. The zero-order valence-corrected chi connectivity index (χ0v) is 13.9. The minimum Gasteiger partial charge on any atom is -0.497 e. The second kappa shape index (κ2) is 6.49. The first-order valence-corrected chi connectivity index (χ1v) is 7.48. The Kier molecular flexibility index (Phi) is 4.49. The predicted molar refractivity (Wildman–Crippen MR) is 83.6 cm³/mol. The van der Waals surface area contributed by atoms with E-state index in [0.717, 1.165) is 6.07 Å². The molecule has 0 aliphatic carbocycles. The fourth-order valence-corrected chi connectivity index (χ4v) is 2.31. The van der Waals surface area contributed by atoms with Gasteiger partial charge in [0.05, 0.1) is 7.11 Å². The Morgan fingerprint density at radius 1 is 1.12 bits per heavy atom. The van der Waals surface area contributed by atoms with E-state index in [-0.39, 0.29) is 22.3 Å². The molecule has 1 heterocycles. The standard InChI is InChI=1S/C16H11ClF3NO5/c1-23-10-3-2-4-11(8-10)24-14(22)21-16(15(18,19)20)25-12-6-5-9(17)7-13(12)26-16/h2-8H,1H3,(H,21,22)/t16-/m1/s1. The molecule has 0 saturated heterocycles. The van der Waals surface area contributed by atoms with Gasteiger partial charge in [0.25, 0.3) is 0 Å². The first kappa shape index (κ1) is 18.0. The summed E-state index contributed by atoms with van der Waals surface area (Å²) >= 11 is 5.73. The molecule has 10 heteroatoms. The van der Waals surface area contributed by atoms with Gasteiger partial charge in [0.2, 0.25) is 0 Å². The fourth-order valence-electron chi connectivity index (χ4n) is 2.15. The van der Waals surface area contributed by atoms with Crippen molar-refractivity contribution < 1.29 is 36.9 Å². The molecule has 26 heavy (non-hydrogen) atoms. The number of fused-ring (bicyclic) bond motifs is 1. The lowest BCUT2D eigenvalue weighted by Crippen LogP contribution is -2.65. The quantitative estimate of drug-likeness (QED) is 0.855. The van der Waals surface area contributed by atoms with Crippen LogP contribution in [0.1, 0.15) is 0 Å². The number of methoxy groups -OCH3 is 1. The first-order chi connectivity index (χ1) is 12.2. The second-order valence-corrected chi connectivity index (χ2v) is 5.54. The number of carbonyl (C=O) groups is 1.